The summed E-state index contributed by atoms with van der Waals surface area (Å²) in [7, 11) is 0. The van der Waals surface area contributed by atoms with E-state index in [4.69, 9.17) is 4.74 Å². The minimum absolute atomic E-state index is 0.166. The lowest BCUT2D eigenvalue weighted by Gasteiger charge is -2.23. The Balaban J connectivity index is 1.75. The molecule has 5 heteroatoms. The lowest BCUT2D eigenvalue weighted by molar-refractivity contribution is 0.0312. The first-order valence-electron chi connectivity index (χ1n) is 6.51. The van der Waals surface area contributed by atoms with Crippen LogP contribution in [0.5, 0.6) is 0 Å². The number of halogens is 1. The Morgan fingerprint density at radius 3 is 2.78 bits per heavy atom. The second-order valence-corrected chi connectivity index (χ2v) is 7.21. The van der Waals surface area contributed by atoms with Crippen LogP contribution in [0.3, 0.4) is 0 Å². The van der Waals surface area contributed by atoms with Crippen molar-refractivity contribution in [1.82, 2.24) is 15.1 Å². The molecule has 2 unspecified atom stereocenters. The van der Waals surface area contributed by atoms with Crippen molar-refractivity contribution in [2.75, 3.05) is 6.54 Å². The van der Waals surface area contributed by atoms with Gasteiger partial charge in [-0.2, -0.15) is 5.10 Å². The van der Waals surface area contributed by atoms with E-state index in [1.165, 1.54) is 3.57 Å². The smallest absolute Gasteiger partial charge is 0.0776 e. The van der Waals surface area contributed by atoms with Gasteiger partial charge >= 0.3 is 0 Å². The van der Waals surface area contributed by atoms with Gasteiger partial charge in [0.05, 0.1) is 28.5 Å². The van der Waals surface area contributed by atoms with Crippen LogP contribution in [-0.4, -0.2) is 34.1 Å². The molecule has 1 aromatic rings. The summed E-state index contributed by atoms with van der Waals surface area (Å²) in [5, 5.41) is 7.81. The molecule has 0 aromatic carbocycles. The first-order valence-corrected chi connectivity index (χ1v) is 7.59. The number of nitrogens with one attached hydrogen (secondary N) is 1. The second-order valence-electron chi connectivity index (χ2n) is 5.97. The topological polar surface area (TPSA) is 39.1 Å². The van der Waals surface area contributed by atoms with Gasteiger partial charge < -0.3 is 10.1 Å². The number of aromatic nitrogens is 2. The summed E-state index contributed by atoms with van der Waals surface area (Å²) in [6.45, 7) is 8.37. The van der Waals surface area contributed by atoms with Crippen LogP contribution in [0, 0.1) is 3.57 Å². The average Bonchev–Trinajstić information content (AvgIpc) is 2.85. The Morgan fingerprint density at radius 2 is 2.17 bits per heavy atom. The van der Waals surface area contributed by atoms with Crippen molar-refractivity contribution in [2.45, 2.75) is 57.9 Å². The van der Waals surface area contributed by atoms with Crippen LogP contribution in [0.1, 0.15) is 33.6 Å². The number of nitrogens with zero attached hydrogens (tertiary/aromatic N) is 2. The van der Waals surface area contributed by atoms with E-state index in [1.54, 1.807) is 0 Å². The third-order valence-electron chi connectivity index (χ3n) is 3.05. The van der Waals surface area contributed by atoms with Crippen LogP contribution < -0.4 is 5.32 Å². The largest absolute Gasteiger partial charge is 0.372 e. The fraction of sp³-hybridized carbons (Fsp3) is 0.769. The van der Waals surface area contributed by atoms with Crippen molar-refractivity contribution < 1.29 is 4.74 Å². The van der Waals surface area contributed by atoms with Gasteiger partial charge in [0.15, 0.2) is 0 Å². The van der Waals surface area contributed by atoms with Gasteiger partial charge in [0, 0.05) is 18.3 Å². The lowest BCUT2D eigenvalue weighted by atomic mass is 10.1. The molecule has 2 heterocycles. The second kappa shape index (κ2) is 5.88. The SMILES string of the molecule is CC(C)(C)NCC1CCC(Cn2cc(I)cn2)O1. The number of rotatable bonds is 4. The molecule has 1 N–H and O–H groups in total. The molecule has 1 saturated heterocycles. The van der Waals surface area contributed by atoms with E-state index in [0.29, 0.717) is 12.2 Å². The monoisotopic (exact) mass is 363 g/mol. The Hall–Kier alpha value is -0.140. The van der Waals surface area contributed by atoms with E-state index in [0.717, 1.165) is 25.9 Å². The molecule has 0 spiro atoms. The first kappa shape index (κ1) is 14.3. The highest BCUT2D eigenvalue weighted by Crippen LogP contribution is 2.21. The van der Waals surface area contributed by atoms with Gasteiger partial charge in [0.1, 0.15) is 0 Å². The number of ether oxygens (including phenoxy) is 1. The molecule has 2 rings (SSSR count). The molecule has 1 aliphatic rings. The van der Waals surface area contributed by atoms with E-state index >= 15 is 0 Å². The van der Waals surface area contributed by atoms with Crippen LogP contribution in [0.25, 0.3) is 0 Å². The molecule has 102 valence electrons. The summed E-state index contributed by atoms with van der Waals surface area (Å²) < 4.78 is 9.20. The van der Waals surface area contributed by atoms with Gasteiger partial charge in [-0.15, -0.1) is 0 Å². The zero-order chi connectivity index (χ0) is 13.2. The van der Waals surface area contributed by atoms with Gasteiger partial charge in [-0.3, -0.25) is 4.68 Å². The third kappa shape index (κ3) is 4.51. The maximum absolute atomic E-state index is 6.04. The molecule has 1 aromatic heterocycles. The van der Waals surface area contributed by atoms with Crippen molar-refractivity contribution in [3.63, 3.8) is 0 Å². The van der Waals surface area contributed by atoms with Gasteiger partial charge in [0.2, 0.25) is 0 Å². The van der Waals surface area contributed by atoms with E-state index < -0.39 is 0 Å². The normalized spacial score (nSPS) is 24.7. The predicted molar refractivity (Wildman–Crippen MR) is 80.6 cm³/mol. The molecule has 0 saturated carbocycles. The minimum Gasteiger partial charge on any atom is -0.372 e. The zero-order valence-corrected chi connectivity index (χ0v) is 13.5. The highest BCUT2D eigenvalue weighted by molar-refractivity contribution is 14.1. The maximum Gasteiger partial charge on any atom is 0.0776 e. The first-order chi connectivity index (χ1) is 8.42. The zero-order valence-electron chi connectivity index (χ0n) is 11.3. The van der Waals surface area contributed by atoms with Gasteiger partial charge in [-0.1, -0.05) is 0 Å². The summed E-state index contributed by atoms with van der Waals surface area (Å²) in [6, 6.07) is 0. The molecule has 2 atom stereocenters. The Labute approximate surface area is 123 Å². The third-order valence-corrected chi connectivity index (χ3v) is 3.61. The highest BCUT2D eigenvalue weighted by Gasteiger charge is 2.26. The molecule has 1 aliphatic heterocycles. The molecule has 0 radical (unpaired) electrons. The van der Waals surface area contributed by atoms with Crippen LogP contribution in [0.4, 0.5) is 0 Å². The molecular weight excluding hydrogens is 341 g/mol. The average molecular weight is 363 g/mol. The van der Waals surface area contributed by atoms with Crippen LogP contribution in [0.15, 0.2) is 12.4 Å². The van der Waals surface area contributed by atoms with E-state index in [2.05, 4.69) is 60.0 Å². The number of hydrogen-bond acceptors (Lipinski definition) is 3. The Bertz CT molecular complexity index is 386. The molecule has 0 amide bonds. The van der Waals surface area contributed by atoms with Crippen LogP contribution >= 0.6 is 22.6 Å². The summed E-state index contributed by atoms with van der Waals surface area (Å²) in [5.74, 6) is 0. The molecule has 0 bridgehead atoms. The van der Waals surface area contributed by atoms with Gasteiger partial charge in [0.25, 0.3) is 0 Å². The predicted octanol–water partition coefficient (Wildman–Crippen LogP) is 2.42. The fourth-order valence-corrected chi connectivity index (χ4v) is 2.58. The van der Waals surface area contributed by atoms with Crippen molar-refractivity contribution in [3.05, 3.63) is 16.0 Å². The molecule has 1 fully saturated rings. The van der Waals surface area contributed by atoms with Gasteiger partial charge in [-0.05, 0) is 56.2 Å². The lowest BCUT2D eigenvalue weighted by Crippen LogP contribution is -2.41. The van der Waals surface area contributed by atoms with Crippen molar-refractivity contribution in [1.29, 1.82) is 0 Å². The quantitative estimate of drug-likeness (QED) is 0.836. The fourth-order valence-electron chi connectivity index (χ4n) is 2.13. The van der Waals surface area contributed by atoms with Crippen LogP contribution in [-0.2, 0) is 11.3 Å². The molecule has 4 nitrogen and oxygen atoms in total. The summed E-state index contributed by atoms with van der Waals surface area (Å²) in [6.07, 6.45) is 6.88. The Kier molecular flexibility index (Phi) is 4.66. The van der Waals surface area contributed by atoms with Gasteiger partial charge in [-0.25, -0.2) is 0 Å². The summed E-state index contributed by atoms with van der Waals surface area (Å²) >= 11 is 2.28. The number of hydrogen-bond donors (Lipinski definition) is 1. The minimum atomic E-state index is 0.166. The standard InChI is InChI=1S/C13H22IN3O/c1-13(2,3)15-7-11-4-5-12(18-11)9-17-8-10(14)6-16-17/h6,8,11-12,15H,4-5,7,9H2,1-3H3. The summed E-state index contributed by atoms with van der Waals surface area (Å²) in [4.78, 5) is 0. The summed E-state index contributed by atoms with van der Waals surface area (Å²) in [5.41, 5.74) is 0.166. The maximum atomic E-state index is 6.04. The van der Waals surface area contributed by atoms with Crippen molar-refractivity contribution >= 4 is 22.6 Å². The van der Waals surface area contributed by atoms with Crippen LogP contribution in [0.2, 0.25) is 0 Å². The molecule has 18 heavy (non-hydrogen) atoms. The Morgan fingerprint density at radius 1 is 1.44 bits per heavy atom. The van der Waals surface area contributed by atoms with E-state index in [9.17, 15) is 0 Å². The van der Waals surface area contributed by atoms with Crippen molar-refractivity contribution in [2.24, 2.45) is 0 Å². The van der Waals surface area contributed by atoms with E-state index in [-0.39, 0.29) is 5.54 Å². The van der Waals surface area contributed by atoms with Crippen molar-refractivity contribution in [3.8, 4) is 0 Å². The molecule has 0 aliphatic carbocycles. The van der Waals surface area contributed by atoms with E-state index in [1.807, 2.05) is 10.9 Å². The highest BCUT2D eigenvalue weighted by atomic mass is 127. The molecular formula is C13H22IN3O.